The molecule has 3 nitrogen and oxygen atoms in total. The van der Waals surface area contributed by atoms with E-state index in [9.17, 15) is 13.2 Å². The normalized spacial score (nSPS) is 17.1. The summed E-state index contributed by atoms with van der Waals surface area (Å²) in [5, 5.41) is 17.7. The lowest BCUT2D eigenvalue weighted by atomic mass is 10.2. The fraction of sp³-hybridized carbons (Fsp3) is 1.00. The van der Waals surface area contributed by atoms with Crippen molar-refractivity contribution < 1.29 is 23.4 Å². The summed E-state index contributed by atoms with van der Waals surface area (Å²) in [6.07, 6.45) is -5.16. The van der Waals surface area contributed by atoms with Crippen LogP contribution in [0.15, 0.2) is 0 Å². The van der Waals surface area contributed by atoms with Gasteiger partial charge in [0.25, 0.3) is 0 Å². The predicted molar refractivity (Wildman–Crippen MR) is 45.9 cm³/mol. The molecule has 86 valence electrons. The van der Waals surface area contributed by atoms with Gasteiger partial charge in [-0.1, -0.05) is 0 Å². The van der Waals surface area contributed by atoms with Crippen molar-refractivity contribution in [3.05, 3.63) is 0 Å². The zero-order valence-corrected chi connectivity index (χ0v) is 8.25. The van der Waals surface area contributed by atoms with E-state index in [1.54, 1.807) is 0 Å². The van der Waals surface area contributed by atoms with Gasteiger partial charge in [-0.15, -0.1) is 0 Å². The minimum absolute atomic E-state index is 0.0917. The smallest absolute Gasteiger partial charge is 0.395 e. The zero-order valence-electron chi connectivity index (χ0n) is 8.25. The maximum Gasteiger partial charge on any atom is 0.401 e. The number of alkyl halides is 3. The highest BCUT2D eigenvalue weighted by Crippen LogP contribution is 2.18. The maximum atomic E-state index is 12.0. The topological polar surface area (TPSA) is 43.7 Å². The molecule has 0 fully saturated rings. The lowest BCUT2D eigenvalue weighted by molar-refractivity contribution is -0.155. The van der Waals surface area contributed by atoms with E-state index in [0.29, 0.717) is 0 Å². The van der Waals surface area contributed by atoms with Gasteiger partial charge in [0.2, 0.25) is 0 Å². The third kappa shape index (κ3) is 5.41. The van der Waals surface area contributed by atoms with Gasteiger partial charge in [-0.05, 0) is 13.8 Å². The molecule has 0 bridgehead atoms. The summed E-state index contributed by atoms with van der Waals surface area (Å²) in [6.45, 7) is 1.36. The molecule has 0 aliphatic rings. The second-order valence-corrected chi connectivity index (χ2v) is 3.29. The molecule has 0 rings (SSSR count). The van der Waals surface area contributed by atoms with Crippen LogP contribution in [0.2, 0.25) is 0 Å². The monoisotopic (exact) mass is 215 g/mol. The molecule has 0 heterocycles. The molecular formula is C8H16F3NO2. The van der Waals surface area contributed by atoms with E-state index in [1.165, 1.54) is 13.8 Å². The Morgan fingerprint density at radius 1 is 1.29 bits per heavy atom. The maximum absolute atomic E-state index is 12.0. The van der Waals surface area contributed by atoms with Crippen LogP contribution < -0.4 is 0 Å². The molecule has 6 heteroatoms. The SMILES string of the molecule is CC(O)C(C)N(CCO)CC(F)(F)F. The van der Waals surface area contributed by atoms with Crippen LogP contribution >= 0.6 is 0 Å². The van der Waals surface area contributed by atoms with Crippen LogP contribution in [-0.4, -0.2) is 53.1 Å². The van der Waals surface area contributed by atoms with E-state index in [1.807, 2.05) is 0 Å². The molecule has 0 saturated heterocycles. The second kappa shape index (κ2) is 5.53. The van der Waals surface area contributed by atoms with Gasteiger partial charge in [0.15, 0.2) is 0 Å². The number of rotatable bonds is 5. The molecule has 0 aliphatic heterocycles. The average Bonchev–Trinajstić information content (AvgIpc) is 1.99. The Kier molecular flexibility index (Phi) is 5.40. The molecule has 0 saturated carbocycles. The van der Waals surface area contributed by atoms with Crippen molar-refractivity contribution >= 4 is 0 Å². The third-order valence-electron chi connectivity index (χ3n) is 2.04. The Labute approximate surface area is 81.1 Å². The minimum atomic E-state index is -4.31. The molecule has 0 radical (unpaired) electrons. The molecule has 2 N–H and O–H groups in total. The summed E-state index contributed by atoms with van der Waals surface area (Å²) in [7, 11) is 0. The number of hydrogen-bond donors (Lipinski definition) is 2. The molecule has 0 spiro atoms. The number of nitrogens with zero attached hydrogens (tertiary/aromatic N) is 1. The molecule has 2 unspecified atom stereocenters. The van der Waals surface area contributed by atoms with Crippen LogP contribution in [-0.2, 0) is 0 Å². The fourth-order valence-corrected chi connectivity index (χ4v) is 1.09. The number of halogens is 3. The summed E-state index contributed by atoms with van der Waals surface area (Å²) in [4.78, 5) is 1.00. The van der Waals surface area contributed by atoms with E-state index in [4.69, 9.17) is 10.2 Å². The highest BCUT2D eigenvalue weighted by atomic mass is 19.4. The van der Waals surface area contributed by atoms with Crippen LogP contribution in [0.1, 0.15) is 13.8 Å². The second-order valence-electron chi connectivity index (χ2n) is 3.29. The van der Waals surface area contributed by atoms with Gasteiger partial charge in [-0.25, -0.2) is 0 Å². The number of hydrogen-bond acceptors (Lipinski definition) is 3. The van der Waals surface area contributed by atoms with E-state index in [0.717, 1.165) is 4.90 Å². The van der Waals surface area contributed by atoms with Crippen molar-refractivity contribution in [3.8, 4) is 0 Å². The van der Waals surface area contributed by atoms with Crippen LogP contribution in [0.25, 0.3) is 0 Å². The lowest BCUT2D eigenvalue weighted by Gasteiger charge is -2.30. The quantitative estimate of drug-likeness (QED) is 0.706. The van der Waals surface area contributed by atoms with Crippen molar-refractivity contribution in [2.24, 2.45) is 0 Å². The molecular weight excluding hydrogens is 199 g/mol. The minimum Gasteiger partial charge on any atom is -0.395 e. The van der Waals surface area contributed by atoms with Crippen molar-refractivity contribution in [1.82, 2.24) is 4.90 Å². The van der Waals surface area contributed by atoms with Crippen LogP contribution in [0.4, 0.5) is 13.2 Å². The Balaban J connectivity index is 4.28. The first kappa shape index (κ1) is 13.7. The van der Waals surface area contributed by atoms with Gasteiger partial charge in [-0.3, -0.25) is 4.90 Å². The Morgan fingerprint density at radius 2 is 1.79 bits per heavy atom. The summed E-state index contributed by atoms with van der Waals surface area (Å²) in [5.41, 5.74) is 0. The predicted octanol–water partition coefficient (Wildman–Crippen LogP) is 0.612. The third-order valence-corrected chi connectivity index (χ3v) is 2.04. The molecule has 14 heavy (non-hydrogen) atoms. The highest BCUT2D eigenvalue weighted by Gasteiger charge is 2.33. The molecule has 0 aliphatic carbocycles. The lowest BCUT2D eigenvalue weighted by Crippen LogP contribution is -2.46. The Hall–Kier alpha value is -0.330. The molecule has 0 aromatic carbocycles. The standard InChI is InChI=1S/C8H16F3NO2/c1-6(7(2)14)12(3-4-13)5-8(9,10)11/h6-7,13-14H,3-5H2,1-2H3. The van der Waals surface area contributed by atoms with Gasteiger partial charge in [0.05, 0.1) is 19.3 Å². The Bertz CT molecular complexity index is 161. The van der Waals surface area contributed by atoms with Crippen molar-refractivity contribution in [2.45, 2.75) is 32.2 Å². The molecule has 0 amide bonds. The first-order valence-corrected chi connectivity index (χ1v) is 4.37. The summed E-state index contributed by atoms with van der Waals surface area (Å²) < 4.78 is 36.1. The highest BCUT2D eigenvalue weighted by molar-refractivity contribution is 4.74. The first-order chi connectivity index (χ1) is 6.28. The van der Waals surface area contributed by atoms with Gasteiger partial charge in [0, 0.05) is 12.6 Å². The van der Waals surface area contributed by atoms with Gasteiger partial charge >= 0.3 is 6.18 Å². The van der Waals surface area contributed by atoms with Crippen molar-refractivity contribution in [3.63, 3.8) is 0 Å². The molecule has 2 atom stereocenters. The van der Waals surface area contributed by atoms with E-state index in [2.05, 4.69) is 0 Å². The number of aliphatic hydroxyl groups is 2. The zero-order chi connectivity index (χ0) is 11.4. The first-order valence-electron chi connectivity index (χ1n) is 4.37. The Morgan fingerprint density at radius 3 is 2.07 bits per heavy atom. The van der Waals surface area contributed by atoms with Crippen molar-refractivity contribution in [2.75, 3.05) is 19.7 Å². The van der Waals surface area contributed by atoms with E-state index >= 15 is 0 Å². The van der Waals surface area contributed by atoms with Gasteiger partial charge < -0.3 is 10.2 Å². The number of aliphatic hydroxyl groups excluding tert-OH is 2. The fourth-order valence-electron chi connectivity index (χ4n) is 1.09. The van der Waals surface area contributed by atoms with E-state index < -0.39 is 24.9 Å². The van der Waals surface area contributed by atoms with E-state index in [-0.39, 0.29) is 13.2 Å². The van der Waals surface area contributed by atoms with Crippen molar-refractivity contribution in [1.29, 1.82) is 0 Å². The summed E-state index contributed by atoms with van der Waals surface area (Å²) in [6, 6.07) is -0.622. The van der Waals surface area contributed by atoms with Gasteiger partial charge in [0.1, 0.15) is 0 Å². The van der Waals surface area contributed by atoms with Crippen LogP contribution in [0.5, 0.6) is 0 Å². The molecule has 0 aromatic rings. The van der Waals surface area contributed by atoms with Crippen LogP contribution in [0.3, 0.4) is 0 Å². The average molecular weight is 215 g/mol. The van der Waals surface area contributed by atoms with Crippen LogP contribution in [0, 0.1) is 0 Å². The summed E-state index contributed by atoms with van der Waals surface area (Å²) >= 11 is 0. The largest absolute Gasteiger partial charge is 0.401 e. The molecule has 0 aromatic heterocycles. The van der Waals surface area contributed by atoms with Gasteiger partial charge in [-0.2, -0.15) is 13.2 Å². The summed E-state index contributed by atoms with van der Waals surface area (Å²) in [5.74, 6) is 0.